The van der Waals surface area contributed by atoms with Crippen molar-refractivity contribution in [3.8, 4) is 5.88 Å². The van der Waals surface area contributed by atoms with E-state index in [1.807, 2.05) is 30.3 Å². The molecule has 3 N–H and O–H groups in total. The third kappa shape index (κ3) is 3.50. The highest BCUT2D eigenvalue weighted by Crippen LogP contribution is 2.25. The molecule has 1 aliphatic rings. The lowest BCUT2D eigenvalue weighted by Gasteiger charge is -2.13. The number of carbonyl (C=O) groups is 2. The van der Waals surface area contributed by atoms with Gasteiger partial charge in [-0.2, -0.15) is 5.10 Å². The van der Waals surface area contributed by atoms with Crippen molar-refractivity contribution < 1.29 is 14.3 Å². The van der Waals surface area contributed by atoms with Gasteiger partial charge in [-0.15, -0.1) is 10.2 Å². The summed E-state index contributed by atoms with van der Waals surface area (Å²) in [5.74, 6) is 0.113. The predicted octanol–water partition coefficient (Wildman–Crippen LogP) is 0.258. The number of hydrogen-bond acceptors (Lipinski definition) is 6. The molecule has 0 saturated heterocycles. The second-order valence-corrected chi connectivity index (χ2v) is 6.10. The first-order valence-corrected chi connectivity index (χ1v) is 8.32. The molecular weight excluding hydrogens is 350 g/mol. The van der Waals surface area contributed by atoms with E-state index in [1.54, 1.807) is 7.05 Å². The number of aryl methyl sites for hydroxylation is 1. The van der Waals surface area contributed by atoms with Crippen LogP contribution in [-0.2, 0) is 18.3 Å². The molecule has 1 aromatic carbocycles. The average Bonchev–Trinajstić information content (AvgIpc) is 3.22. The molecule has 10 nitrogen and oxygen atoms in total. The van der Waals surface area contributed by atoms with Gasteiger partial charge < -0.3 is 20.4 Å². The number of amides is 2. The molecule has 0 spiro atoms. The van der Waals surface area contributed by atoms with Gasteiger partial charge in [0.15, 0.2) is 0 Å². The molecule has 1 aliphatic heterocycles. The molecule has 2 aromatic heterocycles. The minimum Gasteiger partial charge on any atom is -0.474 e. The third-order valence-corrected chi connectivity index (χ3v) is 4.11. The van der Waals surface area contributed by atoms with Crippen LogP contribution < -0.4 is 15.4 Å². The van der Waals surface area contributed by atoms with Gasteiger partial charge in [0.05, 0.1) is 6.20 Å². The van der Waals surface area contributed by atoms with Crippen LogP contribution in [0.3, 0.4) is 0 Å². The van der Waals surface area contributed by atoms with Crippen LogP contribution in [0.1, 0.15) is 22.0 Å². The first kappa shape index (κ1) is 16.8. The zero-order valence-electron chi connectivity index (χ0n) is 14.5. The lowest BCUT2D eigenvalue weighted by Crippen LogP contribution is -2.46. The topological polar surface area (TPSA) is 127 Å². The zero-order valence-corrected chi connectivity index (χ0v) is 14.5. The number of benzene rings is 1. The summed E-state index contributed by atoms with van der Waals surface area (Å²) >= 11 is 0. The SMILES string of the molecule is Cn1ncc2c1OC[C@H](NC(=O)c1nnc(Cc3ccccc3)[nH]1)C(=O)N2. The summed E-state index contributed by atoms with van der Waals surface area (Å²) in [5, 5.41) is 17.2. The Morgan fingerprint density at radius 1 is 1.33 bits per heavy atom. The van der Waals surface area contributed by atoms with Crippen molar-refractivity contribution in [1.82, 2.24) is 30.3 Å². The van der Waals surface area contributed by atoms with Crippen molar-refractivity contribution in [2.45, 2.75) is 12.5 Å². The van der Waals surface area contributed by atoms with Gasteiger partial charge in [0.25, 0.3) is 11.8 Å². The molecule has 10 heteroatoms. The van der Waals surface area contributed by atoms with Gasteiger partial charge in [0.2, 0.25) is 11.7 Å². The smallest absolute Gasteiger partial charge is 0.289 e. The molecule has 0 fully saturated rings. The van der Waals surface area contributed by atoms with Crippen molar-refractivity contribution in [2.24, 2.45) is 7.05 Å². The number of carbonyl (C=O) groups excluding carboxylic acids is 2. The highest BCUT2D eigenvalue weighted by Gasteiger charge is 2.29. The fourth-order valence-corrected chi connectivity index (χ4v) is 2.74. The number of aromatic nitrogens is 5. The minimum absolute atomic E-state index is 0.0187. The second-order valence-electron chi connectivity index (χ2n) is 6.10. The Morgan fingerprint density at radius 2 is 2.15 bits per heavy atom. The van der Waals surface area contributed by atoms with Crippen LogP contribution in [0.15, 0.2) is 36.5 Å². The first-order valence-electron chi connectivity index (χ1n) is 8.32. The monoisotopic (exact) mass is 367 g/mol. The maximum atomic E-state index is 12.4. The molecule has 3 heterocycles. The van der Waals surface area contributed by atoms with E-state index in [0.29, 0.717) is 23.8 Å². The number of nitrogens with one attached hydrogen (secondary N) is 3. The Bertz CT molecular complexity index is 980. The molecule has 0 unspecified atom stereocenters. The number of H-pyrrole nitrogens is 1. The summed E-state index contributed by atoms with van der Waals surface area (Å²) in [6.45, 7) is -0.0187. The van der Waals surface area contributed by atoms with Crippen LogP contribution in [0.4, 0.5) is 5.69 Å². The van der Waals surface area contributed by atoms with Gasteiger partial charge in [-0.05, 0) is 5.56 Å². The van der Waals surface area contributed by atoms with E-state index >= 15 is 0 Å². The zero-order chi connectivity index (χ0) is 18.8. The first-order chi connectivity index (χ1) is 13.1. The number of anilines is 1. The molecule has 4 rings (SSSR count). The predicted molar refractivity (Wildman–Crippen MR) is 94.2 cm³/mol. The van der Waals surface area contributed by atoms with Crippen molar-refractivity contribution in [2.75, 3.05) is 11.9 Å². The van der Waals surface area contributed by atoms with E-state index in [-0.39, 0.29) is 18.3 Å². The number of nitrogens with zero attached hydrogens (tertiary/aromatic N) is 4. The van der Waals surface area contributed by atoms with E-state index in [9.17, 15) is 9.59 Å². The fraction of sp³-hybridized carbons (Fsp3) is 0.235. The van der Waals surface area contributed by atoms with Gasteiger partial charge in [-0.25, -0.2) is 4.68 Å². The Morgan fingerprint density at radius 3 is 2.96 bits per heavy atom. The van der Waals surface area contributed by atoms with Crippen molar-refractivity contribution in [3.05, 3.63) is 53.7 Å². The summed E-state index contributed by atoms with van der Waals surface area (Å²) < 4.78 is 7.09. The van der Waals surface area contributed by atoms with Gasteiger partial charge in [0, 0.05) is 13.5 Å². The minimum atomic E-state index is -0.868. The number of hydrogen-bond donors (Lipinski definition) is 3. The Balaban J connectivity index is 1.41. The molecule has 27 heavy (non-hydrogen) atoms. The van der Waals surface area contributed by atoms with Crippen LogP contribution in [0.5, 0.6) is 5.88 Å². The van der Waals surface area contributed by atoms with E-state index in [0.717, 1.165) is 5.56 Å². The summed E-state index contributed by atoms with van der Waals surface area (Å²) in [6, 6.07) is 8.84. The largest absolute Gasteiger partial charge is 0.474 e. The molecule has 3 aromatic rings. The summed E-state index contributed by atoms with van der Waals surface area (Å²) in [6.07, 6.45) is 2.01. The Labute approximate surface area is 153 Å². The lowest BCUT2D eigenvalue weighted by atomic mass is 10.1. The number of fused-ring (bicyclic) bond motifs is 1. The highest BCUT2D eigenvalue weighted by molar-refractivity contribution is 6.00. The van der Waals surface area contributed by atoms with Gasteiger partial charge in [-0.1, -0.05) is 30.3 Å². The summed E-state index contributed by atoms with van der Waals surface area (Å²) in [4.78, 5) is 27.6. The fourth-order valence-electron chi connectivity index (χ4n) is 2.74. The molecule has 0 saturated carbocycles. The molecular formula is C17H17N7O3. The second kappa shape index (κ2) is 6.90. The molecule has 0 aliphatic carbocycles. The van der Waals surface area contributed by atoms with Crippen LogP contribution in [0, 0.1) is 0 Å². The van der Waals surface area contributed by atoms with Crippen LogP contribution in [0.2, 0.25) is 0 Å². The van der Waals surface area contributed by atoms with E-state index in [4.69, 9.17) is 4.74 Å². The van der Waals surface area contributed by atoms with E-state index in [2.05, 4.69) is 30.9 Å². The molecule has 138 valence electrons. The standard InChI is InChI=1S/C17H17N7O3/c1-24-17-11(8-18-24)19-15(25)12(9-27-17)20-16(26)14-21-13(22-23-14)7-10-5-3-2-4-6-10/h2-6,8,12H,7,9H2,1H3,(H,19,25)(H,20,26)(H,21,22,23)/t12-/m0/s1. The van der Waals surface area contributed by atoms with Crippen LogP contribution in [0.25, 0.3) is 0 Å². The number of rotatable bonds is 4. The Kier molecular flexibility index (Phi) is 4.29. The van der Waals surface area contributed by atoms with Crippen molar-refractivity contribution in [1.29, 1.82) is 0 Å². The summed E-state index contributed by atoms with van der Waals surface area (Å²) in [5.41, 5.74) is 1.51. The normalized spacial score (nSPS) is 16.0. The third-order valence-electron chi connectivity index (χ3n) is 4.11. The summed E-state index contributed by atoms with van der Waals surface area (Å²) in [7, 11) is 1.70. The van der Waals surface area contributed by atoms with Crippen molar-refractivity contribution >= 4 is 17.5 Å². The maximum absolute atomic E-state index is 12.4. The number of aromatic amines is 1. The van der Waals surface area contributed by atoms with Crippen molar-refractivity contribution in [3.63, 3.8) is 0 Å². The molecule has 2 amide bonds. The highest BCUT2D eigenvalue weighted by atomic mass is 16.5. The average molecular weight is 367 g/mol. The number of ether oxygens (including phenoxy) is 1. The molecule has 0 bridgehead atoms. The van der Waals surface area contributed by atoms with Crippen LogP contribution in [-0.4, -0.2) is 49.4 Å². The lowest BCUT2D eigenvalue weighted by molar-refractivity contribution is -0.118. The van der Waals surface area contributed by atoms with E-state index < -0.39 is 11.9 Å². The van der Waals surface area contributed by atoms with Gasteiger partial charge >= 0.3 is 0 Å². The maximum Gasteiger partial charge on any atom is 0.289 e. The van der Waals surface area contributed by atoms with Crippen LogP contribution >= 0.6 is 0 Å². The molecule has 0 radical (unpaired) electrons. The van der Waals surface area contributed by atoms with E-state index in [1.165, 1.54) is 10.9 Å². The van der Waals surface area contributed by atoms with Gasteiger partial charge in [0.1, 0.15) is 24.2 Å². The molecule has 1 atom stereocenters. The van der Waals surface area contributed by atoms with Gasteiger partial charge in [-0.3, -0.25) is 9.59 Å². The Hall–Kier alpha value is -3.69. The quantitative estimate of drug-likeness (QED) is 0.607.